The van der Waals surface area contributed by atoms with Gasteiger partial charge in [0, 0.05) is 26.1 Å². The van der Waals surface area contributed by atoms with Crippen molar-refractivity contribution < 1.29 is 4.79 Å². The first-order valence-corrected chi connectivity index (χ1v) is 5.72. The molecule has 1 aliphatic rings. The molecule has 1 unspecified atom stereocenters. The molecule has 1 fully saturated rings. The van der Waals surface area contributed by atoms with Crippen LogP contribution < -0.4 is 5.32 Å². The third-order valence-corrected chi connectivity index (χ3v) is 2.91. The summed E-state index contributed by atoms with van der Waals surface area (Å²) in [7, 11) is 0. The van der Waals surface area contributed by atoms with Crippen LogP contribution in [-0.4, -0.2) is 37.0 Å². The standard InChI is InChI=1S/C11H22N2O/c1-3-10(2)9-11(14)13-7-4-5-12-6-8-13/h10,12H,3-9H2,1-2H3. The van der Waals surface area contributed by atoms with Gasteiger partial charge in [0.2, 0.25) is 5.91 Å². The van der Waals surface area contributed by atoms with Gasteiger partial charge in [0.15, 0.2) is 0 Å². The Morgan fingerprint density at radius 3 is 2.93 bits per heavy atom. The first-order valence-electron chi connectivity index (χ1n) is 5.72. The fourth-order valence-corrected chi connectivity index (χ4v) is 1.67. The SMILES string of the molecule is CCC(C)CC(=O)N1CCCNCC1. The molecule has 82 valence electrons. The summed E-state index contributed by atoms with van der Waals surface area (Å²) in [4.78, 5) is 13.8. The molecule has 0 aromatic rings. The number of nitrogens with one attached hydrogen (secondary N) is 1. The van der Waals surface area contributed by atoms with Crippen molar-refractivity contribution in [1.82, 2.24) is 10.2 Å². The van der Waals surface area contributed by atoms with E-state index in [-0.39, 0.29) is 0 Å². The van der Waals surface area contributed by atoms with Gasteiger partial charge in [0.1, 0.15) is 0 Å². The monoisotopic (exact) mass is 198 g/mol. The lowest BCUT2D eigenvalue weighted by Gasteiger charge is -2.21. The maximum absolute atomic E-state index is 11.8. The van der Waals surface area contributed by atoms with Crippen LogP contribution in [0.25, 0.3) is 0 Å². The molecule has 1 amide bonds. The molecule has 1 heterocycles. The van der Waals surface area contributed by atoms with E-state index in [4.69, 9.17) is 0 Å². The van der Waals surface area contributed by atoms with Crippen molar-refractivity contribution in [2.24, 2.45) is 5.92 Å². The van der Waals surface area contributed by atoms with Gasteiger partial charge < -0.3 is 10.2 Å². The fraction of sp³-hybridized carbons (Fsp3) is 0.909. The Hall–Kier alpha value is -0.570. The Bertz CT molecular complexity index is 174. The molecule has 0 saturated carbocycles. The first kappa shape index (κ1) is 11.5. The van der Waals surface area contributed by atoms with E-state index in [1.807, 2.05) is 4.90 Å². The summed E-state index contributed by atoms with van der Waals surface area (Å²) in [5.74, 6) is 0.863. The molecule has 1 saturated heterocycles. The van der Waals surface area contributed by atoms with Gasteiger partial charge in [0.25, 0.3) is 0 Å². The van der Waals surface area contributed by atoms with Crippen LogP contribution in [0.15, 0.2) is 0 Å². The normalized spacial score (nSPS) is 20.3. The van der Waals surface area contributed by atoms with Crippen molar-refractivity contribution >= 4 is 5.91 Å². The van der Waals surface area contributed by atoms with Crippen molar-refractivity contribution in [3.8, 4) is 0 Å². The van der Waals surface area contributed by atoms with Gasteiger partial charge >= 0.3 is 0 Å². The summed E-state index contributed by atoms with van der Waals surface area (Å²) < 4.78 is 0. The molecule has 0 bridgehead atoms. The fourth-order valence-electron chi connectivity index (χ4n) is 1.67. The summed E-state index contributed by atoms with van der Waals surface area (Å²) >= 11 is 0. The summed E-state index contributed by atoms with van der Waals surface area (Å²) in [6.07, 6.45) is 2.90. The lowest BCUT2D eigenvalue weighted by Crippen LogP contribution is -2.34. The third-order valence-electron chi connectivity index (χ3n) is 2.91. The molecule has 14 heavy (non-hydrogen) atoms. The summed E-state index contributed by atoms with van der Waals surface area (Å²) in [5.41, 5.74) is 0. The third kappa shape index (κ3) is 3.66. The zero-order valence-corrected chi connectivity index (χ0v) is 9.38. The van der Waals surface area contributed by atoms with E-state index in [2.05, 4.69) is 19.2 Å². The second-order valence-corrected chi connectivity index (χ2v) is 4.20. The van der Waals surface area contributed by atoms with Crippen LogP contribution >= 0.6 is 0 Å². The Kier molecular flexibility index (Phi) is 4.94. The van der Waals surface area contributed by atoms with Gasteiger partial charge in [-0.05, 0) is 18.9 Å². The number of rotatable bonds is 3. The highest BCUT2D eigenvalue weighted by molar-refractivity contribution is 5.76. The highest BCUT2D eigenvalue weighted by Gasteiger charge is 2.16. The second kappa shape index (κ2) is 6.02. The van der Waals surface area contributed by atoms with Crippen LogP contribution in [0.1, 0.15) is 33.1 Å². The molecule has 1 atom stereocenters. The quantitative estimate of drug-likeness (QED) is 0.740. The van der Waals surface area contributed by atoms with Crippen LogP contribution in [-0.2, 0) is 4.79 Å². The Morgan fingerprint density at radius 2 is 2.21 bits per heavy atom. The minimum atomic E-state index is 0.336. The van der Waals surface area contributed by atoms with Gasteiger partial charge in [-0.2, -0.15) is 0 Å². The molecule has 0 radical (unpaired) electrons. The summed E-state index contributed by atoms with van der Waals surface area (Å²) in [6.45, 7) is 8.10. The molecular weight excluding hydrogens is 176 g/mol. The molecule has 1 N–H and O–H groups in total. The Balaban J connectivity index is 2.34. The number of hydrogen-bond acceptors (Lipinski definition) is 2. The molecule has 1 rings (SSSR count). The van der Waals surface area contributed by atoms with Crippen LogP contribution in [0.3, 0.4) is 0 Å². The van der Waals surface area contributed by atoms with Gasteiger partial charge in [-0.25, -0.2) is 0 Å². The molecule has 3 heteroatoms. The van der Waals surface area contributed by atoms with Gasteiger partial charge in [-0.15, -0.1) is 0 Å². The van der Waals surface area contributed by atoms with Crippen molar-refractivity contribution in [2.75, 3.05) is 26.2 Å². The lowest BCUT2D eigenvalue weighted by molar-refractivity contribution is -0.131. The second-order valence-electron chi connectivity index (χ2n) is 4.20. The van der Waals surface area contributed by atoms with E-state index >= 15 is 0 Å². The zero-order chi connectivity index (χ0) is 10.4. The molecule has 0 aromatic carbocycles. The van der Waals surface area contributed by atoms with E-state index in [1.165, 1.54) is 0 Å². The zero-order valence-electron chi connectivity index (χ0n) is 9.38. The Morgan fingerprint density at radius 1 is 1.43 bits per heavy atom. The van der Waals surface area contributed by atoms with E-state index in [1.54, 1.807) is 0 Å². The average Bonchev–Trinajstić information content (AvgIpc) is 2.45. The number of nitrogens with zero attached hydrogens (tertiary/aromatic N) is 1. The number of carbonyl (C=O) groups excluding carboxylic acids is 1. The molecule has 0 aromatic heterocycles. The molecular formula is C11H22N2O. The maximum atomic E-state index is 11.8. The Labute approximate surface area is 86.9 Å². The first-order chi connectivity index (χ1) is 6.74. The number of carbonyl (C=O) groups is 1. The number of amides is 1. The minimum Gasteiger partial charge on any atom is -0.341 e. The van der Waals surface area contributed by atoms with Crippen molar-refractivity contribution in [1.29, 1.82) is 0 Å². The summed E-state index contributed by atoms with van der Waals surface area (Å²) in [5, 5.41) is 3.31. The largest absolute Gasteiger partial charge is 0.341 e. The van der Waals surface area contributed by atoms with E-state index in [0.717, 1.165) is 45.4 Å². The predicted molar refractivity (Wildman–Crippen MR) is 58.1 cm³/mol. The van der Waals surface area contributed by atoms with Crippen LogP contribution in [0, 0.1) is 5.92 Å². The van der Waals surface area contributed by atoms with Crippen LogP contribution in [0.2, 0.25) is 0 Å². The molecule has 0 aliphatic carbocycles. The maximum Gasteiger partial charge on any atom is 0.222 e. The van der Waals surface area contributed by atoms with Crippen LogP contribution in [0.5, 0.6) is 0 Å². The average molecular weight is 198 g/mol. The smallest absolute Gasteiger partial charge is 0.222 e. The highest BCUT2D eigenvalue weighted by atomic mass is 16.2. The summed E-state index contributed by atoms with van der Waals surface area (Å²) in [6, 6.07) is 0. The molecule has 0 spiro atoms. The predicted octanol–water partition coefficient (Wildman–Crippen LogP) is 1.24. The van der Waals surface area contributed by atoms with E-state index in [0.29, 0.717) is 11.8 Å². The van der Waals surface area contributed by atoms with Crippen molar-refractivity contribution in [3.05, 3.63) is 0 Å². The van der Waals surface area contributed by atoms with Crippen LogP contribution in [0.4, 0.5) is 0 Å². The van der Waals surface area contributed by atoms with Crippen molar-refractivity contribution in [2.45, 2.75) is 33.1 Å². The molecule has 1 aliphatic heterocycles. The number of hydrogen-bond donors (Lipinski definition) is 1. The minimum absolute atomic E-state index is 0.336. The topological polar surface area (TPSA) is 32.3 Å². The lowest BCUT2D eigenvalue weighted by atomic mass is 10.0. The molecule has 3 nitrogen and oxygen atoms in total. The highest BCUT2D eigenvalue weighted by Crippen LogP contribution is 2.09. The van der Waals surface area contributed by atoms with Gasteiger partial charge in [-0.1, -0.05) is 20.3 Å². The van der Waals surface area contributed by atoms with Crippen molar-refractivity contribution in [3.63, 3.8) is 0 Å². The van der Waals surface area contributed by atoms with E-state index in [9.17, 15) is 4.79 Å². The van der Waals surface area contributed by atoms with Gasteiger partial charge in [0.05, 0.1) is 0 Å². The van der Waals surface area contributed by atoms with Gasteiger partial charge in [-0.3, -0.25) is 4.79 Å². The van der Waals surface area contributed by atoms with E-state index < -0.39 is 0 Å².